The number of nitrogens with zero attached hydrogens (tertiary/aromatic N) is 25. The number of hydrogen-bond donors (Lipinski definition) is 5. The number of rotatable bonds is 35. The first kappa shape index (κ1) is 101. The fourth-order valence-electron chi connectivity index (χ4n) is 19.9. The molecule has 0 aromatic carbocycles. The Bertz CT molecular complexity index is 6660. The van der Waals surface area contributed by atoms with Gasteiger partial charge in [0.2, 0.25) is 29.7 Å². The third-order valence-electron chi connectivity index (χ3n) is 29.1. The number of cyclic esters (lactones) is 2. The van der Waals surface area contributed by atoms with Crippen LogP contribution in [0.25, 0.3) is 55.2 Å². The van der Waals surface area contributed by atoms with Crippen molar-refractivity contribution in [1.29, 1.82) is 0 Å². The molecule has 5 aliphatic rings. The molecule has 3 unspecified atom stereocenters. The Hall–Kier alpha value is -13.9. The standard InChI is InChI=1S/C23H32N6O.C21H28N6O2.2C21H28N6O.C19H24N6O2/c1-6-16(15(2)3)13-28-10-8-17-11-24-22(27-21(17)28)26-18-12-25-29(14-18)20-19(30)7-9-23(20,4)5;1-5-14(6-2)12-26-8-7-15-10-22-20(25-18(15)26)24-16-11-23-27(13-16)17-9-21(3,4)29-19(17)28;2*1-4-15(14(2)3)12-26-9-8-16-10-22-21(25-20(16)26)24-17-11-23-27(13-17)18-6-5-7-19(18)28;1-3-13(4-2)11-24-7-5-14-9-20-19(23-17(14)24)22-15-10-21-25(12-15)16-6-8-27-18(16)26/h8,10-12,14-16,20H,6-7,9,13H2,1-5H3,(H,24,26,27);7-8,10-11,13-14,17H,5-6,9,12H2,1-4H3,(H,22,24,25);2*8-11,13-15,18H,4-7,12H2,1-3H3,(H,22,24,25);5,7,9-10,12-13,16H,3-4,6,8,11H2,1-2H3,(H,20,22,23)/t16-,20?;;15-,18+;15-,18-;/m1.11./s1. The van der Waals surface area contributed by atoms with Gasteiger partial charge in [0.05, 0.1) is 66.0 Å². The summed E-state index contributed by atoms with van der Waals surface area (Å²) in [5, 5.41) is 43.0. The molecule has 15 aromatic heterocycles. The van der Waals surface area contributed by atoms with E-state index in [0.717, 1.165) is 193 Å². The predicted octanol–water partition coefficient (Wildman–Crippen LogP) is 21.0. The second-order valence-electron chi connectivity index (χ2n) is 41.0. The molecular weight excluding hydrogens is 1790 g/mol. The molecule has 20 rings (SSSR count). The lowest BCUT2D eigenvalue weighted by atomic mass is 9.87. The maximum Gasteiger partial charge on any atom is 0.331 e. The van der Waals surface area contributed by atoms with Crippen LogP contribution in [0.5, 0.6) is 0 Å². The second kappa shape index (κ2) is 44.9. The van der Waals surface area contributed by atoms with Gasteiger partial charge in [0.1, 0.15) is 52.0 Å². The topological polar surface area (TPSA) is 407 Å². The SMILES string of the molecule is CCC(CC)Cn1ccc2cnc(Nc3cnn(C4CC(C)(C)OC4=O)c3)nc21.CCC(CC)Cn1ccc2cnc(Nc3cnn(C4CCOC4=O)c3)nc21.CC[C@H](Cn1ccc2cnc(Nc3cnn(C4C(=O)CCC4(C)C)c3)nc21)C(C)C.CC[C@H](Cn1ccc2cnc(Nc3cnn([C@@H]4CCCC4=O)c3)nc21)C(C)C.CC[C@H](Cn1ccc2cnc(Nc3cnn([C@H]4CCCC4=O)c3)nc21)C(C)C. The number of ketones is 3. The zero-order chi connectivity index (χ0) is 100. The summed E-state index contributed by atoms with van der Waals surface area (Å²) in [5.41, 5.74) is 7.98. The molecule has 5 N–H and O–H groups in total. The smallest absolute Gasteiger partial charge is 0.331 e. The second-order valence-corrected chi connectivity index (χ2v) is 41.0. The Morgan fingerprint density at radius 1 is 0.352 bits per heavy atom. The Balaban J connectivity index is 0.000000128. The summed E-state index contributed by atoms with van der Waals surface area (Å²) in [6.45, 7) is 42.5. The van der Waals surface area contributed by atoms with Crippen LogP contribution < -0.4 is 26.6 Å². The van der Waals surface area contributed by atoms with Gasteiger partial charge in [-0.2, -0.15) is 50.4 Å². The molecule has 2 saturated heterocycles. The van der Waals surface area contributed by atoms with Crippen LogP contribution in [0.1, 0.15) is 257 Å². The number of ether oxygens (including phenoxy) is 2. The van der Waals surface area contributed by atoms with Crippen molar-refractivity contribution in [2.75, 3.05) is 33.2 Å². The highest BCUT2D eigenvalue weighted by atomic mass is 16.6. The number of carbonyl (C=O) groups excluding carboxylic acids is 5. The van der Waals surface area contributed by atoms with Crippen molar-refractivity contribution in [1.82, 2.24) is 122 Å². The molecule has 37 heteroatoms. The van der Waals surface area contributed by atoms with Crippen LogP contribution >= 0.6 is 0 Å². The largest absolute Gasteiger partial charge is 0.464 e. The maximum absolute atomic E-state index is 12.4. The molecular formula is C105H140N30O7. The van der Waals surface area contributed by atoms with Crippen molar-refractivity contribution >= 4 is 143 Å². The van der Waals surface area contributed by atoms with Crippen molar-refractivity contribution in [3.63, 3.8) is 0 Å². The van der Waals surface area contributed by atoms with Crippen molar-refractivity contribution in [3.05, 3.63) is 154 Å². The first-order chi connectivity index (χ1) is 68.4. The highest BCUT2D eigenvalue weighted by molar-refractivity contribution is 5.87. The number of fused-ring (bicyclic) bond motifs is 5. The number of Topliss-reactive ketones (excluding diaryl/α,β-unsaturated/α-hetero) is 3. The van der Waals surface area contributed by atoms with Gasteiger partial charge in [-0.05, 0) is 129 Å². The van der Waals surface area contributed by atoms with Crippen LogP contribution in [0, 0.1) is 52.8 Å². The Labute approximate surface area is 828 Å². The molecule has 37 nitrogen and oxygen atoms in total. The normalized spacial score (nSPS) is 18.4. The number of carbonyl (C=O) groups is 5. The van der Waals surface area contributed by atoms with E-state index in [1.165, 1.54) is 0 Å². The molecule has 17 heterocycles. The summed E-state index contributed by atoms with van der Waals surface area (Å²) in [6.07, 6.45) is 53.1. The Kier molecular flexibility index (Phi) is 32.0. The minimum absolute atomic E-state index is 0.0805. The average Bonchev–Trinajstić information content (AvgIpc) is 1.63. The van der Waals surface area contributed by atoms with Crippen LogP contribution in [0.15, 0.2) is 154 Å². The lowest BCUT2D eigenvalue weighted by Gasteiger charge is -2.25. The quantitative estimate of drug-likeness (QED) is 0.0230. The lowest BCUT2D eigenvalue weighted by molar-refractivity contribution is -0.148. The van der Waals surface area contributed by atoms with Gasteiger partial charge in [-0.15, -0.1) is 0 Å². The van der Waals surface area contributed by atoms with Gasteiger partial charge in [-0.3, -0.25) is 37.8 Å². The van der Waals surface area contributed by atoms with Gasteiger partial charge < -0.3 is 58.9 Å². The molecule has 0 spiro atoms. The van der Waals surface area contributed by atoms with Crippen LogP contribution in [0.3, 0.4) is 0 Å². The molecule has 3 aliphatic carbocycles. The predicted molar refractivity (Wildman–Crippen MR) is 550 cm³/mol. The third kappa shape index (κ3) is 23.9. The highest BCUT2D eigenvalue weighted by Gasteiger charge is 2.44. The van der Waals surface area contributed by atoms with Gasteiger partial charge in [0.25, 0.3) is 0 Å². The van der Waals surface area contributed by atoms with Gasteiger partial charge in [-0.1, -0.05) is 149 Å². The zero-order valence-electron chi connectivity index (χ0n) is 85.2. The molecule has 142 heavy (non-hydrogen) atoms. The first-order valence-electron chi connectivity index (χ1n) is 51.1. The van der Waals surface area contributed by atoms with Crippen molar-refractivity contribution in [2.24, 2.45) is 52.8 Å². The van der Waals surface area contributed by atoms with E-state index in [0.29, 0.717) is 116 Å². The molecule has 15 aromatic rings. The molecule has 8 atom stereocenters. The highest BCUT2D eigenvalue weighted by Crippen LogP contribution is 2.44. The van der Waals surface area contributed by atoms with Crippen LogP contribution in [-0.2, 0) is 66.2 Å². The monoisotopic (exact) mass is 1930 g/mol. The van der Waals surface area contributed by atoms with E-state index in [1.54, 1.807) is 66.8 Å². The Morgan fingerprint density at radius 3 is 0.915 bits per heavy atom. The summed E-state index contributed by atoms with van der Waals surface area (Å²) in [4.78, 5) is 106. The van der Waals surface area contributed by atoms with Gasteiger partial charge in [0.15, 0.2) is 29.4 Å². The average molecular weight is 1930 g/mol. The van der Waals surface area contributed by atoms with Gasteiger partial charge in [-0.25, -0.2) is 34.5 Å². The molecule has 3 saturated carbocycles. The third-order valence-corrected chi connectivity index (χ3v) is 29.1. The minimum atomic E-state index is -0.463. The number of esters is 2. The summed E-state index contributed by atoms with van der Waals surface area (Å²) in [6, 6.07) is 9.08. The summed E-state index contributed by atoms with van der Waals surface area (Å²) >= 11 is 0. The molecule has 752 valence electrons. The van der Waals surface area contributed by atoms with Crippen LogP contribution in [-0.4, -0.2) is 163 Å². The van der Waals surface area contributed by atoms with E-state index in [4.69, 9.17) is 29.4 Å². The number of aromatic nitrogens is 25. The molecule has 5 fully saturated rings. The van der Waals surface area contributed by atoms with E-state index < -0.39 is 11.6 Å². The maximum atomic E-state index is 12.4. The van der Waals surface area contributed by atoms with E-state index in [2.05, 4.69) is 258 Å². The first-order valence-corrected chi connectivity index (χ1v) is 51.1. The van der Waals surface area contributed by atoms with Crippen molar-refractivity contribution in [3.8, 4) is 0 Å². The molecule has 0 bridgehead atoms. The van der Waals surface area contributed by atoms with Crippen LogP contribution in [0.4, 0.5) is 58.2 Å². The van der Waals surface area contributed by atoms with Crippen molar-refractivity contribution < 1.29 is 33.4 Å². The number of nitrogens with one attached hydrogen (secondary N) is 5. The zero-order valence-corrected chi connectivity index (χ0v) is 85.2. The van der Waals surface area contributed by atoms with E-state index in [9.17, 15) is 24.0 Å². The fraction of sp³-hybridized carbons (Fsp3) is 0.524. The van der Waals surface area contributed by atoms with Crippen molar-refractivity contribution in [2.45, 2.75) is 295 Å². The van der Waals surface area contributed by atoms with E-state index in [-0.39, 0.29) is 58.9 Å². The van der Waals surface area contributed by atoms with Crippen LogP contribution in [0.2, 0.25) is 0 Å². The summed E-state index contributed by atoms with van der Waals surface area (Å²) < 4.78 is 30.0. The number of anilines is 10. The van der Waals surface area contributed by atoms with E-state index in [1.807, 2.05) is 75.6 Å². The van der Waals surface area contributed by atoms with Gasteiger partial charge in [0, 0.05) is 185 Å². The summed E-state index contributed by atoms with van der Waals surface area (Å²) in [5.74, 6) is 7.94. The number of hydrogen-bond acceptors (Lipinski definition) is 27. The fourth-order valence-corrected chi connectivity index (χ4v) is 19.9. The molecule has 0 radical (unpaired) electrons. The summed E-state index contributed by atoms with van der Waals surface area (Å²) in [7, 11) is 0. The van der Waals surface area contributed by atoms with Gasteiger partial charge >= 0.3 is 11.9 Å². The molecule has 2 aliphatic heterocycles. The minimum Gasteiger partial charge on any atom is -0.464 e. The lowest BCUT2D eigenvalue weighted by Crippen LogP contribution is -2.26. The van der Waals surface area contributed by atoms with E-state index >= 15 is 0 Å². The molecule has 0 amide bonds. The Morgan fingerprint density at radius 2 is 0.655 bits per heavy atom.